The van der Waals surface area contributed by atoms with Crippen LogP contribution in [-0.2, 0) is 9.59 Å². The number of carboxylic acids is 2. The second-order valence-corrected chi connectivity index (χ2v) is 9.58. The van der Waals surface area contributed by atoms with Gasteiger partial charge in [0.1, 0.15) is 12.1 Å². The van der Waals surface area contributed by atoms with Crippen molar-refractivity contribution in [3.63, 3.8) is 0 Å². The monoisotopic (exact) mass is 452 g/mol. The SMILES string of the molecule is CC[C@@H](C)[C@@H](C(=O)[O-])[NH+]1CN2C(=O)N3C[NH+]([C@H](C(=O)[O-])[C@H](C)CC)CN4C(=O)N(C1)C2C34. The highest BCUT2D eigenvalue weighted by Gasteiger charge is 2.66. The van der Waals surface area contributed by atoms with Crippen LogP contribution in [0.1, 0.15) is 40.5 Å². The zero-order chi connectivity index (χ0) is 23.5. The minimum absolute atomic E-state index is 0.154. The summed E-state index contributed by atoms with van der Waals surface area (Å²) in [5, 5.41) is 23.8. The van der Waals surface area contributed by atoms with E-state index in [0.29, 0.717) is 22.6 Å². The smallest absolute Gasteiger partial charge is 0.332 e. The first-order chi connectivity index (χ1) is 15.1. The van der Waals surface area contributed by atoms with Crippen LogP contribution in [0.5, 0.6) is 0 Å². The molecule has 12 nitrogen and oxygen atoms in total. The number of nitrogens with one attached hydrogen (secondary N) is 2. The number of urea groups is 2. The predicted octanol–water partition coefficient (Wildman–Crippen LogP) is -4.93. The first-order valence-corrected chi connectivity index (χ1v) is 11.4. The second-order valence-electron chi connectivity index (χ2n) is 9.58. The van der Waals surface area contributed by atoms with Crippen LogP contribution >= 0.6 is 0 Å². The molecule has 4 fully saturated rings. The van der Waals surface area contributed by atoms with Gasteiger partial charge in [0.25, 0.3) is 0 Å². The van der Waals surface area contributed by atoms with Crippen molar-refractivity contribution in [2.24, 2.45) is 11.8 Å². The van der Waals surface area contributed by atoms with Gasteiger partial charge in [-0.1, -0.05) is 27.7 Å². The number of nitrogens with zero attached hydrogens (tertiary/aromatic N) is 4. The first-order valence-electron chi connectivity index (χ1n) is 11.4. The number of quaternary nitrogens is 2. The zero-order valence-corrected chi connectivity index (χ0v) is 18.9. The lowest BCUT2D eigenvalue weighted by Gasteiger charge is -2.44. The lowest BCUT2D eigenvalue weighted by Crippen LogP contribution is -3.23. The molecule has 0 aromatic heterocycles. The lowest BCUT2D eigenvalue weighted by molar-refractivity contribution is -0.947. The fourth-order valence-corrected chi connectivity index (χ4v) is 5.85. The molecule has 2 N–H and O–H groups in total. The maximum absolute atomic E-state index is 13.3. The highest BCUT2D eigenvalue weighted by atomic mass is 16.4. The highest BCUT2D eigenvalue weighted by Crippen LogP contribution is 2.35. The molecule has 4 rings (SSSR count). The molecule has 32 heavy (non-hydrogen) atoms. The summed E-state index contributed by atoms with van der Waals surface area (Å²) < 4.78 is 0. The molecular formula is C20H32N6O6. The number of hydrogen-bond donors (Lipinski definition) is 2. The number of amides is 4. The number of rotatable bonds is 8. The summed E-state index contributed by atoms with van der Waals surface area (Å²) >= 11 is 0. The Morgan fingerprint density at radius 2 is 1.06 bits per heavy atom. The van der Waals surface area contributed by atoms with Gasteiger partial charge in [-0.3, -0.25) is 29.4 Å². The summed E-state index contributed by atoms with van der Waals surface area (Å²) in [5.74, 6) is -2.75. The average molecular weight is 453 g/mol. The van der Waals surface area contributed by atoms with Crippen LogP contribution in [0.15, 0.2) is 0 Å². The summed E-state index contributed by atoms with van der Waals surface area (Å²) in [6.07, 6.45) is 0.272. The van der Waals surface area contributed by atoms with Crippen molar-refractivity contribution in [1.82, 2.24) is 19.6 Å². The summed E-state index contributed by atoms with van der Waals surface area (Å²) in [5.41, 5.74) is 0. The molecule has 0 aromatic rings. The van der Waals surface area contributed by atoms with E-state index in [4.69, 9.17) is 0 Å². The van der Waals surface area contributed by atoms with Crippen molar-refractivity contribution in [1.29, 1.82) is 0 Å². The summed E-state index contributed by atoms with van der Waals surface area (Å²) in [4.78, 5) is 57.9. The van der Waals surface area contributed by atoms with Crippen molar-refractivity contribution in [2.45, 2.75) is 65.0 Å². The third-order valence-corrected chi connectivity index (χ3v) is 7.83. The third kappa shape index (κ3) is 3.19. The molecular weight excluding hydrogens is 420 g/mol. The predicted molar refractivity (Wildman–Crippen MR) is 104 cm³/mol. The Bertz CT molecular complexity index is 726. The standard InChI is InChI=1S/C20H32N6O6/c1-5-11(3)13(17(27)28)21-7-23-15-16-25(19(23)31)9-22(14(18(29)30)12(4)6-2)10-26(16)20(32)24(15)8-21/h11-16H,5-10H2,1-4H3,(H,27,28)(H,29,30)/t11-,12-,13+,14+,15?,16?/m1/s1. The van der Waals surface area contributed by atoms with Gasteiger partial charge in [0.15, 0.2) is 39.0 Å². The average Bonchev–Trinajstić information content (AvgIpc) is 3.19. The van der Waals surface area contributed by atoms with Crippen LogP contribution in [-0.4, -0.2) is 94.7 Å². The van der Waals surface area contributed by atoms with Crippen LogP contribution in [0.3, 0.4) is 0 Å². The van der Waals surface area contributed by atoms with E-state index >= 15 is 0 Å². The molecule has 0 radical (unpaired) electrons. The Balaban J connectivity index is 1.64. The minimum Gasteiger partial charge on any atom is -0.544 e. The van der Waals surface area contributed by atoms with Gasteiger partial charge in [-0.05, 0) is 12.8 Å². The molecule has 4 amide bonds. The molecule has 4 saturated heterocycles. The van der Waals surface area contributed by atoms with E-state index in [1.165, 1.54) is 0 Å². The molecule has 178 valence electrons. The molecule has 0 spiro atoms. The van der Waals surface area contributed by atoms with Crippen molar-refractivity contribution >= 4 is 24.0 Å². The molecule has 0 aromatic carbocycles. The second kappa shape index (κ2) is 8.07. The van der Waals surface area contributed by atoms with Gasteiger partial charge >= 0.3 is 12.1 Å². The molecule has 4 heterocycles. The molecule has 0 aliphatic carbocycles. The molecule has 0 bridgehead atoms. The van der Waals surface area contributed by atoms with Gasteiger partial charge in [-0.15, -0.1) is 0 Å². The van der Waals surface area contributed by atoms with E-state index in [9.17, 15) is 29.4 Å². The topological polar surface area (TPSA) is 136 Å². The molecule has 12 heteroatoms. The van der Waals surface area contributed by atoms with Crippen LogP contribution in [0, 0.1) is 11.8 Å². The number of carboxylic acid groups (broad SMARTS) is 2. The van der Waals surface area contributed by atoms with Gasteiger partial charge in [0, 0.05) is 11.8 Å². The van der Waals surface area contributed by atoms with Crippen molar-refractivity contribution in [2.75, 3.05) is 26.7 Å². The largest absolute Gasteiger partial charge is 0.544 e. The Morgan fingerprint density at radius 1 is 0.781 bits per heavy atom. The van der Waals surface area contributed by atoms with Gasteiger partial charge in [0.2, 0.25) is 0 Å². The van der Waals surface area contributed by atoms with Gasteiger partial charge in [-0.25, -0.2) is 9.59 Å². The maximum Gasteiger partial charge on any atom is 0.332 e. The zero-order valence-electron chi connectivity index (χ0n) is 18.9. The summed E-state index contributed by atoms with van der Waals surface area (Å²) in [6.45, 7) is 8.08. The van der Waals surface area contributed by atoms with Gasteiger partial charge in [0.05, 0.1) is 11.9 Å². The van der Waals surface area contributed by atoms with E-state index in [-0.39, 0.29) is 50.6 Å². The fourth-order valence-electron chi connectivity index (χ4n) is 5.85. The van der Waals surface area contributed by atoms with Crippen molar-refractivity contribution in [3.05, 3.63) is 0 Å². The Hall–Kier alpha value is -2.60. The van der Waals surface area contributed by atoms with E-state index < -0.39 is 36.4 Å². The number of hydrogen-bond acceptors (Lipinski definition) is 6. The van der Waals surface area contributed by atoms with Gasteiger partial charge in [-0.2, -0.15) is 0 Å². The van der Waals surface area contributed by atoms with E-state index in [1.807, 2.05) is 27.7 Å². The van der Waals surface area contributed by atoms with Crippen LogP contribution in [0.25, 0.3) is 0 Å². The number of carbonyl (C=O) groups is 4. The van der Waals surface area contributed by atoms with Crippen molar-refractivity contribution < 1.29 is 39.2 Å². The molecule has 4 aliphatic heterocycles. The summed E-state index contributed by atoms with van der Waals surface area (Å²) in [7, 11) is 0. The third-order valence-electron chi connectivity index (χ3n) is 7.83. The quantitative estimate of drug-likeness (QED) is 0.379. The van der Waals surface area contributed by atoms with Crippen LogP contribution in [0.2, 0.25) is 0 Å². The fraction of sp³-hybridized carbons (Fsp3) is 0.800. The molecule has 4 atom stereocenters. The normalized spacial score (nSPS) is 32.6. The molecule has 0 saturated carbocycles. The first kappa shape index (κ1) is 22.6. The summed E-state index contributed by atoms with van der Waals surface area (Å²) in [6, 6.07) is -2.30. The van der Waals surface area contributed by atoms with Crippen LogP contribution in [0.4, 0.5) is 9.59 Å². The Kier molecular flexibility index (Phi) is 5.70. The minimum atomic E-state index is -1.19. The van der Waals surface area contributed by atoms with E-state index in [2.05, 4.69) is 0 Å². The maximum atomic E-state index is 13.3. The Morgan fingerprint density at radius 3 is 1.28 bits per heavy atom. The van der Waals surface area contributed by atoms with Crippen LogP contribution < -0.4 is 20.0 Å². The molecule has 4 aliphatic rings. The number of aliphatic carboxylic acids is 2. The van der Waals surface area contributed by atoms with E-state index in [0.717, 1.165) is 0 Å². The number of carbonyl (C=O) groups excluding carboxylic acids is 4. The van der Waals surface area contributed by atoms with Crippen molar-refractivity contribution in [3.8, 4) is 0 Å². The lowest BCUT2D eigenvalue weighted by atomic mass is 9.98. The Labute approximate surface area is 186 Å². The highest BCUT2D eigenvalue weighted by molar-refractivity contribution is 5.85. The molecule has 0 unspecified atom stereocenters. The van der Waals surface area contributed by atoms with E-state index in [1.54, 1.807) is 19.6 Å². The van der Waals surface area contributed by atoms with Gasteiger partial charge < -0.3 is 19.8 Å².